The van der Waals surface area contributed by atoms with E-state index in [-0.39, 0.29) is 12.6 Å². The van der Waals surface area contributed by atoms with E-state index in [4.69, 9.17) is 11.2 Å². The molecule has 0 saturated carbocycles. The smallest absolute Gasteiger partial charge is 0.191 e. The van der Waals surface area contributed by atoms with E-state index in [0.717, 1.165) is 15.8 Å². The zero-order valence-electron chi connectivity index (χ0n) is 10.9. The average molecular weight is 336 g/mol. The SMILES string of the molecule is C#CCOc1ccc(Br)cc1CNC(C)c1nn[nH]n1. The van der Waals surface area contributed by atoms with E-state index in [0.29, 0.717) is 12.4 Å². The van der Waals surface area contributed by atoms with Crippen LogP contribution in [0.1, 0.15) is 24.4 Å². The Labute approximate surface area is 125 Å². The second kappa shape index (κ2) is 7.03. The van der Waals surface area contributed by atoms with E-state index < -0.39 is 0 Å². The molecule has 0 aliphatic rings. The number of terminal acetylenes is 1. The van der Waals surface area contributed by atoms with E-state index in [1.165, 1.54) is 0 Å². The van der Waals surface area contributed by atoms with Crippen LogP contribution in [-0.2, 0) is 6.54 Å². The lowest BCUT2D eigenvalue weighted by Gasteiger charge is -2.13. The Hall–Kier alpha value is -1.91. The van der Waals surface area contributed by atoms with Crippen LogP contribution in [0.5, 0.6) is 5.75 Å². The van der Waals surface area contributed by atoms with Crippen molar-refractivity contribution < 1.29 is 4.74 Å². The summed E-state index contributed by atoms with van der Waals surface area (Å²) >= 11 is 3.45. The minimum atomic E-state index is -0.0202. The molecule has 2 aromatic rings. The first-order valence-electron chi connectivity index (χ1n) is 6.02. The van der Waals surface area contributed by atoms with Gasteiger partial charge in [-0.1, -0.05) is 27.1 Å². The molecule has 0 spiro atoms. The lowest BCUT2D eigenvalue weighted by Crippen LogP contribution is -2.19. The summed E-state index contributed by atoms with van der Waals surface area (Å²) in [6.07, 6.45) is 5.22. The van der Waals surface area contributed by atoms with Gasteiger partial charge in [0.2, 0.25) is 0 Å². The summed E-state index contributed by atoms with van der Waals surface area (Å²) < 4.78 is 6.50. The summed E-state index contributed by atoms with van der Waals surface area (Å²) in [5, 5.41) is 17.2. The van der Waals surface area contributed by atoms with E-state index in [2.05, 4.69) is 47.8 Å². The van der Waals surface area contributed by atoms with Gasteiger partial charge in [0.05, 0.1) is 6.04 Å². The van der Waals surface area contributed by atoms with Crippen molar-refractivity contribution in [3.63, 3.8) is 0 Å². The number of rotatable bonds is 6. The van der Waals surface area contributed by atoms with Crippen LogP contribution in [0.15, 0.2) is 22.7 Å². The number of benzene rings is 1. The van der Waals surface area contributed by atoms with E-state index in [1.54, 1.807) is 0 Å². The first-order chi connectivity index (χ1) is 9.70. The summed E-state index contributed by atoms with van der Waals surface area (Å²) in [5.41, 5.74) is 1.00. The summed E-state index contributed by atoms with van der Waals surface area (Å²) in [6, 6.07) is 5.77. The van der Waals surface area contributed by atoms with Gasteiger partial charge in [0.1, 0.15) is 12.4 Å². The van der Waals surface area contributed by atoms with Crippen LogP contribution in [0.3, 0.4) is 0 Å². The average Bonchev–Trinajstić information content (AvgIpc) is 2.98. The third-order valence-electron chi connectivity index (χ3n) is 2.68. The molecule has 0 radical (unpaired) electrons. The minimum Gasteiger partial charge on any atom is -0.481 e. The van der Waals surface area contributed by atoms with Crippen LogP contribution in [0, 0.1) is 12.3 Å². The van der Waals surface area contributed by atoms with Crippen molar-refractivity contribution in [3.8, 4) is 18.1 Å². The van der Waals surface area contributed by atoms with Gasteiger partial charge in [-0.15, -0.1) is 16.6 Å². The van der Waals surface area contributed by atoms with Crippen LogP contribution in [0.2, 0.25) is 0 Å². The highest BCUT2D eigenvalue weighted by Gasteiger charge is 2.11. The maximum absolute atomic E-state index is 5.52. The number of tetrazole rings is 1. The third kappa shape index (κ3) is 3.79. The normalized spacial score (nSPS) is 11.8. The fourth-order valence-corrected chi connectivity index (χ4v) is 2.06. The van der Waals surface area contributed by atoms with Gasteiger partial charge in [-0.25, -0.2) is 0 Å². The predicted octanol–water partition coefficient (Wildman–Crippen LogP) is 1.82. The Morgan fingerprint density at radius 1 is 1.55 bits per heavy atom. The van der Waals surface area contributed by atoms with Gasteiger partial charge < -0.3 is 10.1 Å². The maximum atomic E-state index is 5.52. The molecule has 0 aliphatic carbocycles. The van der Waals surface area contributed by atoms with Gasteiger partial charge in [-0.05, 0) is 25.1 Å². The molecule has 7 heteroatoms. The Bertz CT molecular complexity index is 593. The number of nitrogens with zero attached hydrogens (tertiary/aromatic N) is 3. The molecule has 104 valence electrons. The zero-order chi connectivity index (χ0) is 14.4. The number of nitrogens with one attached hydrogen (secondary N) is 2. The molecule has 0 aliphatic heterocycles. The zero-order valence-corrected chi connectivity index (χ0v) is 12.5. The Kier molecular flexibility index (Phi) is 5.09. The van der Waals surface area contributed by atoms with Crippen molar-refractivity contribution in [3.05, 3.63) is 34.1 Å². The molecule has 0 amide bonds. The topological polar surface area (TPSA) is 75.7 Å². The lowest BCUT2D eigenvalue weighted by molar-refractivity contribution is 0.363. The molecule has 1 atom stereocenters. The van der Waals surface area contributed by atoms with Crippen molar-refractivity contribution in [2.24, 2.45) is 0 Å². The number of hydrogen-bond donors (Lipinski definition) is 2. The van der Waals surface area contributed by atoms with Gasteiger partial charge in [-0.3, -0.25) is 0 Å². The summed E-state index contributed by atoms with van der Waals surface area (Å²) in [5.74, 6) is 3.84. The second-order valence-electron chi connectivity index (χ2n) is 4.12. The largest absolute Gasteiger partial charge is 0.481 e. The molecule has 0 bridgehead atoms. The molecule has 0 saturated heterocycles. The highest BCUT2D eigenvalue weighted by molar-refractivity contribution is 9.10. The lowest BCUT2D eigenvalue weighted by atomic mass is 10.2. The van der Waals surface area contributed by atoms with E-state index >= 15 is 0 Å². The quantitative estimate of drug-likeness (QED) is 0.787. The summed E-state index contributed by atoms with van der Waals surface area (Å²) in [6.45, 7) is 2.81. The fourth-order valence-electron chi connectivity index (χ4n) is 1.65. The number of aromatic nitrogens is 4. The summed E-state index contributed by atoms with van der Waals surface area (Å²) in [4.78, 5) is 0. The van der Waals surface area contributed by atoms with Gasteiger partial charge in [0.25, 0.3) is 0 Å². The number of halogens is 1. The van der Waals surface area contributed by atoms with Crippen LogP contribution < -0.4 is 10.1 Å². The molecular weight excluding hydrogens is 322 g/mol. The van der Waals surface area contributed by atoms with Crippen LogP contribution in [0.25, 0.3) is 0 Å². The second-order valence-corrected chi connectivity index (χ2v) is 5.03. The number of H-pyrrole nitrogens is 1. The fraction of sp³-hybridized carbons (Fsp3) is 0.308. The monoisotopic (exact) mass is 335 g/mol. The van der Waals surface area contributed by atoms with Crippen molar-refractivity contribution in [2.45, 2.75) is 19.5 Å². The van der Waals surface area contributed by atoms with E-state index in [1.807, 2.05) is 25.1 Å². The van der Waals surface area contributed by atoms with Gasteiger partial charge >= 0.3 is 0 Å². The van der Waals surface area contributed by atoms with E-state index in [9.17, 15) is 0 Å². The summed E-state index contributed by atoms with van der Waals surface area (Å²) in [7, 11) is 0. The van der Waals surface area contributed by atoms with Crippen molar-refractivity contribution in [1.82, 2.24) is 25.9 Å². The molecule has 6 nitrogen and oxygen atoms in total. The van der Waals surface area contributed by atoms with Gasteiger partial charge in [-0.2, -0.15) is 5.21 Å². The van der Waals surface area contributed by atoms with Crippen molar-refractivity contribution >= 4 is 15.9 Å². The minimum absolute atomic E-state index is 0.0202. The molecule has 1 heterocycles. The predicted molar refractivity (Wildman–Crippen MR) is 77.9 cm³/mol. The molecule has 2 N–H and O–H groups in total. The standard InChI is InChI=1S/C13H14BrN5O/c1-3-6-20-12-5-4-11(14)7-10(12)8-15-9(2)13-16-18-19-17-13/h1,4-5,7,9,15H,6,8H2,2H3,(H,16,17,18,19). The first kappa shape index (κ1) is 14.5. The van der Waals surface area contributed by atoms with Crippen LogP contribution in [-0.4, -0.2) is 27.2 Å². The number of aromatic amines is 1. The molecule has 0 fully saturated rings. The molecular formula is C13H14BrN5O. The Morgan fingerprint density at radius 3 is 3.10 bits per heavy atom. The number of ether oxygens (including phenoxy) is 1. The maximum Gasteiger partial charge on any atom is 0.191 e. The number of hydrogen-bond acceptors (Lipinski definition) is 5. The Morgan fingerprint density at radius 2 is 2.40 bits per heavy atom. The third-order valence-corrected chi connectivity index (χ3v) is 3.17. The van der Waals surface area contributed by atoms with Gasteiger partial charge in [0, 0.05) is 16.6 Å². The molecule has 2 rings (SSSR count). The molecule has 1 aromatic heterocycles. The Balaban J connectivity index is 2.04. The molecule has 20 heavy (non-hydrogen) atoms. The van der Waals surface area contributed by atoms with Crippen molar-refractivity contribution in [2.75, 3.05) is 6.61 Å². The molecule has 1 unspecified atom stereocenters. The first-order valence-corrected chi connectivity index (χ1v) is 6.81. The highest BCUT2D eigenvalue weighted by atomic mass is 79.9. The van der Waals surface area contributed by atoms with Crippen LogP contribution in [0.4, 0.5) is 0 Å². The van der Waals surface area contributed by atoms with Crippen LogP contribution >= 0.6 is 15.9 Å². The molecule has 1 aromatic carbocycles. The van der Waals surface area contributed by atoms with Gasteiger partial charge in [0.15, 0.2) is 5.82 Å². The van der Waals surface area contributed by atoms with Crippen molar-refractivity contribution in [1.29, 1.82) is 0 Å². The highest BCUT2D eigenvalue weighted by Crippen LogP contribution is 2.23.